The highest BCUT2D eigenvalue weighted by Gasteiger charge is 2.81. The molecule has 0 N–H and O–H groups in total. The Kier molecular flexibility index (Phi) is 4.49. The Hall–Kier alpha value is -1.22. The Bertz CT molecular complexity index is 695. The van der Waals surface area contributed by atoms with E-state index in [0.717, 1.165) is 28.8 Å². The maximum Gasteiger partial charge on any atom is 0.324 e. The predicted octanol–water partition coefficient (Wildman–Crippen LogP) is 2.92. The minimum absolute atomic E-state index is 0.217. The van der Waals surface area contributed by atoms with Gasteiger partial charge in [-0.25, -0.2) is 0 Å². The fourth-order valence-electron chi connectivity index (χ4n) is 2.51. The maximum absolute atomic E-state index is 13.7. The molecule has 1 amide bonds. The lowest BCUT2D eigenvalue weighted by Crippen LogP contribution is -2.68. The molecule has 1 heterocycles. The van der Waals surface area contributed by atoms with Gasteiger partial charge in [0.05, 0.1) is 6.61 Å². The largest absolute Gasteiger partial charge is 0.383 e. The molecule has 0 saturated heterocycles. The molecule has 1 aromatic rings. The number of thiazole rings is 1. The normalized spacial score (nSPS) is 26.2. The van der Waals surface area contributed by atoms with Gasteiger partial charge in [0.2, 0.25) is 0 Å². The summed E-state index contributed by atoms with van der Waals surface area (Å²) in [5, 5.41) is 0. The van der Waals surface area contributed by atoms with Gasteiger partial charge >= 0.3 is 11.8 Å². The number of halogens is 4. The second-order valence-electron chi connectivity index (χ2n) is 5.88. The maximum atomic E-state index is 13.7. The van der Waals surface area contributed by atoms with Crippen LogP contribution >= 0.6 is 11.3 Å². The van der Waals surface area contributed by atoms with Gasteiger partial charge in [0.25, 0.3) is 5.91 Å². The number of carbonyl (C=O) groups is 1. The van der Waals surface area contributed by atoms with Gasteiger partial charge in [-0.05, 0) is 20.8 Å². The molecule has 23 heavy (non-hydrogen) atoms. The van der Waals surface area contributed by atoms with E-state index in [4.69, 9.17) is 4.74 Å². The Balaban J connectivity index is 2.40. The van der Waals surface area contributed by atoms with Crippen molar-refractivity contribution in [3.63, 3.8) is 0 Å². The smallest absolute Gasteiger partial charge is 0.324 e. The van der Waals surface area contributed by atoms with Crippen LogP contribution in [0.1, 0.15) is 23.9 Å². The van der Waals surface area contributed by atoms with Crippen LogP contribution in [0.3, 0.4) is 0 Å². The Morgan fingerprint density at radius 3 is 2.43 bits per heavy atom. The van der Waals surface area contributed by atoms with Crippen molar-refractivity contribution < 1.29 is 27.1 Å². The predicted molar refractivity (Wildman–Crippen MR) is 76.8 cm³/mol. The molecule has 0 bridgehead atoms. The van der Waals surface area contributed by atoms with Crippen LogP contribution in [0.15, 0.2) is 4.99 Å². The van der Waals surface area contributed by atoms with Crippen molar-refractivity contribution in [1.82, 2.24) is 4.57 Å². The van der Waals surface area contributed by atoms with E-state index < -0.39 is 29.6 Å². The number of ether oxygens (including phenoxy) is 1. The van der Waals surface area contributed by atoms with Gasteiger partial charge in [0, 0.05) is 30.6 Å². The summed E-state index contributed by atoms with van der Waals surface area (Å²) in [7, 11) is 1.51. The fraction of sp³-hybridized carbons (Fsp3) is 0.714. The van der Waals surface area contributed by atoms with Crippen molar-refractivity contribution in [1.29, 1.82) is 0 Å². The average molecular weight is 354 g/mol. The third-order valence-corrected chi connectivity index (χ3v) is 5.40. The van der Waals surface area contributed by atoms with Gasteiger partial charge in [-0.2, -0.15) is 22.6 Å². The molecule has 2 rings (SSSR count). The molecule has 1 saturated carbocycles. The zero-order valence-corrected chi connectivity index (χ0v) is 14.1. The van der Waals surface area contributed by atoms with E-state index in [1.165, 1.54) is 7.11 Å². The van der Waals surface area contributed by atoms with Gasteiger partial charge in [0.15, 0.2) is 4.80 Å². The summed E-state index contributed by atoms with van der Waals surface area (Å²) in [6, 6.07) is 0. The quantitative estimate of drug-likeness (QED) is 0.781. The number of amides is 1. The number of hydrogen-bond acceptors (Lipinski definition) is 3. The average Bonchev–Trinajstić information content (AvgIpc) is 2.70. The third kappa shape index (κ3) is 2.63. The number of aryl methyl sites for hydroxylation is 1. The first-order valence-corrected chi connectivity index (χ1v) is 7.80. The van der Waals surface area contributed by atoms with E-state index in [1.54, 1.807) is 18.4 Å². The van der Waals surface area contributed by atoms with Crippen LogP contribution in [0, 0.1) is 19.3 Å². The first-order valence-electron chi connectivity index (χ1n) is 6.98. The molecule has 1 aliphatic rings. The van der Waals surface area contributed by atoms with E-state index in [2.05, 4.69) is 4.99 Å². The van der Waals surface area contributed by atoms with Gasteiger partial charge < -0.3 is 9.30 Å². The summed E-state index contributed by atoms with van der Waals surface area (Å²) < 4.78 is 60.1. The minimum atomic E-state index is -4.39. The van der Waals surface area contributed by atoms with Crippen LogP contribution in [0.4, 0.5) is 17.6 Å². The molecule has 0 aromatic carbocycles. The summed E-state index contributed by atoms with van der Waals surface area (Å²) in [6.07, 6.45) is -1.20. The molecule has 4 nitrogen and oxygen atoms in total. The Labute approximate surface area is 134 Å². The van der Waals surface area contributed by atoms with Crippen molar-refractivity contribution in [2.75, 3.05) is 13.7 Å². The van der Waals surface area contributed by atoms with Gasteiger partial charge in [-0.3, -0.25) is 4.79 Å². The van der Waals surface area contributed by atoms with Crippen LogP contribution in [0.2, 0.25) is 0 Å². The zero-order valence-electron chi connectivity index (χ0n) is 13.3. The number of carbonyl (C=O) groups excluding carboxylic acids is 1. The van der Waals surface area contributed by atoms with Crippen LogP contribution in [0.25, 0.3) is 0 Å². The monoisotopic (exact) mass is 354 g/mol. The molecule has 0 aliphatic heterocycles. The Morgan fingerprint density at radius 2 is 1.96 bits per heavy atom. The standard InChI is InChI=1S/C14H18F4N2O2S/c1-8-9(2)23-11(20(8)5-6-22-4)19-10(21)12(3)7-13(15,16)14(12,17)18/h5-7H2,1-4H3. The second kappa shape index (κ2) is 5.70. The summed E-state index contributed by atoms with van der Waals surface area (Å²) in [5.41, 5.74) is -1.64. The summed E-state index contributed by atoms with van der Waals surface area (Å²) in [5.74, 6) is -9.78. The third-order valence-electron chi connectivity index (χ3n) is 4.31. The molecular formula is C14H18F4N2O2S. The first kappa shape index (κ1) is 18.1. The van der Waals surface area contributed by atoms with Crippen molar-refractivity contribution in [2.45, 2.75) is 45.6 Å². The zero-order chi connectivity index (χ0) is 17.6. The van der Waals surface area contributed by atoms with Gasteiger partial charge in [-0.15, -0.1) is 11.3 Å². The van der Waals surface area contributed by atoms with Gasteiger partial charge in [-0.1, -0.05) is 0 Å². The van der Waals surface area contributed by atoms with E-state index in [-0.39, 0.29) is 4.80 Å². The first-order chi connectivity index (χ1) is 10.5. The number of nitrogens with zero attached hydrogens (tertiary/aromatic N) is 2. The molecule has 0 spiro atoms. The van der Waals surface area contributed by atoms with Crippen molar-refractivity contribution >= 4 is 17.2 Å². The molecule has 1 fully saturated rings. The Morgan fingerprint density at radius 1 is 1.35 bits per heavy atom. The minimum Gasteiger partial charge on any atom is -0.383 e. The van der Waals surface area contributed by atoms with Crippen LogP contribution in [-0.2, 0) is 16.1 Å². The highest BCUT2D eigenvalue weighted by molar-refractivity contribution is 7.09. The molecule has 9 heteroatoms. The SMILES string of the molecule is COCCn1c(C)c(C)sc1=NC(=O)C1(C)CC(F)(F)C1(F)F. The van der Waals surface area contributed by atoms with E-state index >= 15 is 0 Å². The molecule has 1 atom stereocenters. The topological polar surface area (TPSA) is 43.6 Å². The number of alkyl halides is 4. The van der Waals surface area contributed by atoms with Crippen molar-refractivity contribution in [3.05, 3.63) is 15.4 Å². The van der Waals surface area contributed by atoms with E-state index in [0.29, 0.717) is 13.2 Å². The van der Waals surface area contributed by atoms with Gasteiger partial charge in [0.1, 0.15) is 5.41 Å². The molecular weight excluding hydrogens is 336 g/mol. The summed E-state index contributed by atoms with van der Waals surface area (Å²) in [6.45, 7) is 5.19. The number of hydrogen-bond donors (Lipinski definition) is 0. The van der Waals surface area contributed by atoms with Crippen molar-refractivity contribution in [3.8, 4) is 0 Å². The summed E-state index contributed by atoms with van der Waals surface area (Å²) >= 11 is 1.16. The lowest BCUT2D eigenvalue weighted by Gasteiger charge is -2.49. The second-order valence-corrected chi connectivity index (χ2v) is 7.06. The number of methoxy groups -OCH3 is 1. The van der Waals surface area contributed by atoms with Crippen LogP contribution in [-0.4, -0.2) is 36.0 Å². The number of aromatic nitrogens is 1. The molecule has 1 aliphatic carbocycles. The fourth-order valence-corrected chi connectivity index (χ4v) is 3.51. The highest BCUT2D eigenvalue weighted by Crippen LogP contribution is 2.63. The van der Waals surface area contributed by atoms with E-state index in [9.17, 15) is 22.4 Å². The highest BCUT2D eigenvalue weighted by atomic mass is 32.1. The summed E-state index contributed by atoms with van der Waals surface area (Å²) in [4.78, 5) is 17.0. The lowest BCUT2D eigenvalue weighted by molar-refractivity contribution is -0.339. The number of rotatable bonds is 4. The van der Waals surface area contributed by atoms with E-state index in [1.807, 2.05) is 0 Å². The van der Waals surface area contributed by atoms with Crippen molar-refractivity contribution in [2.24, 2.45) is 10.4 Å². The van der Waals surface area contributed by atoms with Crippen LogP contribution < -0.4 is 4.80 Å². The van der Waals surface area contributed by atoms with Crippen LogP contribution in [0.5, 0.6) is 0 Å². The molecule has 130 valence electrons. The molecule has 1 aromatic heterocycles. The molecule has 1 unspecified atom stereocenters. The molecule has 0 radical (unpaired) electrons. The lowest BCUT2D eigenvalue weighted by atomic mass is 9.63.